The molecule has 0 atom stereocenters. The maximum atomic E-state index is 11.1. The highest BCUT2D eigenvalue weighted by Gasteiger charge is 2.10. The number of aromatic carboxylic acids is 1. The van der Waals surface area contributed by atoms with Crippen molar-refractivity contribution in [2.75, 3.05) is 5.32 Å². The first kappa shape index (κ1) is 12.9. The van der Waals surface area contributed by atoms with E-state index in [2.05, 4.69) is 16.1 Å². The fourth-order valence-electron chi connectivity index (χ4n) is 1.61. The van der Waals surface area contributed by atoms with Crippen molar-refractivity contribution in [3.63, 3.8) is 0 Å². The third-order valence-corrected chi connectivity index (χ3v) is 3.79. The molecular formula is C13H12ClNO2S. The Morgan fingerprint density at radius 2 is 2.22 bits per heavy atom. The summed E-state index contributed by atoms with van der Waals surface area (Å²) in [6.45, 7) is 2.64. The lowest BCUT2D eigenvalue weighted by atomic mass is 10.1. The summed E-state index contributed by atoms with van der Waals surface area (Å²) < 4.78 is 0. The van der Waals surface area contributed by atoms with Crippen LogP contribution in [0.4, 0.5) is 5.69 Å². The zero-order valence-electron chi connectivity index (χ0n) is 9.74. The van der Waals surface area contributed by atoms with E-state index in [1.807, 2.05) is 6.92 Å². The number of nitrogens with one attached hydrogen (secondary N) is 1. The van der Waals surface area contributed by atoms with Crippen molar-refractivity contribution in [2.45, 2.75) is 13.5 Å². The van der Waals surface area contributed by atoms with Crippen molar-refractivity contribution in [1.29, 1.82) is 0 Å². The van der Waals surface area contributed by atoms with E-state index in [0.717, 1.165) is 0 Å². The fraction of sp³-hybridized carbons (Fsp3) is 0.154. The van der Waals surface area contributed by atoms with Gasteiger partial charge in [-0.05, 0) is 47.0 Å². The molecule has 0 aliphatic heterocycles. The summed E-state index contributed by atoms with van der Waals surface area (Å²) in [4.78, 5) is 11.1. The maximum Gasteiger partial charge on any atom is 0.337 e. The Balaban J connectivity index is 2.19. The topological polar surface area (TPSA) is 49.3 Å². The van der Waals surface area contributed by atoms with Crippen LogP contribution in [0.15, 0.2) is 29.0 Å². The molecule has 1 aromatic heterocycles. The van der Waals surface area contributed by atoms with E-state index in [0.29, 0.717) is 17.3 Å². The van der Waals surface area contributed by atoms with Crippen LogP contribution in [0, 0.1) is 6.92 Å². The molecule has 5 heteroatoms. The molecule has 0 spiro atoms. The second-order valence-corrected chi connectivity index (χ2v) is 5.11. The van der Waals surface area contributed by atoms with E-state index in [1.165, 1.54) is 17.2 Å². The quantitative estimate of drug-likeness (QED) is 0.890. The van der Waals surface area contributed by atoms with Crippen LogP contribution < -0.4 is 5.32 Å². The maximum absolute atomic E-state index is 11.1. The molecule has 2 aromatic rings. The normalized spacial score (nSPS) is 10.3. The number of hydrogen-bond acceptors (Lipinski definition) is 3. The summed E-state index contributed by atoms with van der Waals surface area (Å²) in [5.74, 6) is -0.984. The van der Waals surface area contributed by atoms with Crippen LogP contribution in [0.25, 0.3) is 0 Å². The van der Waals surface area contributed by atoms with Crippen molar-refractivity contribution >= 4 is 34.6 Å². The molecule has 0 bridgehead atoms. The van der Waals surface area contributed by atoms with Crippen molar-refractivity contribution < 1.29 is 9.90 Å². The Kier molecular flexibility index (Phi) is 3.89. The molecule has 3 nitrogen and oxygen atoms in total. The van der Waals surface area contributed by atoms with E-state index in [-0.39, 0.29) is 5.56 Å². The van der Waals surface area contributed by atoms with Crippen LogP contribution in [0.1, 0.15) is 21.5 Å². The predicted molar refractivity (Wildman–Crippen MR) is 74.8 cm³/mol. The molecule has 0 amide bonds. The number of carboxylic acids is 1. The van der Waals surface area contributed by atoms with Crippen LogP contribution in [0.3, 0.4) is 0 Å². The molecule has 18 heavy (non-hydrogen) atoms. The fourth-order valence-corrected chi connectivity index (χ4v) is 2.64. The minimum atomic E-state index is -0.984. The van der Waals surface area contributed by atoms with Crippen molar-refractivity contribution in [3.05, 3.63) is 50.7 Å². The number of hydrogen-bond donors (Lipinski definition) is 2. The molecule has 0 saturated heterocycles. The SMILES string of the molecule is Cc1cscc1CNc1ccc(Cl)cc1C(=O)O. The molecule has 2 N–H and O–H groups in total. The van der Waals surface area contributed by atoms with Gasteiger partial charge < -0.3 is 10.4 Å². The summed E-state index contributed by atoms with van der Waals surface area (Å²) in [6, 6.07) is 4.82. The Hall–Kier alpha value is -1.52. The summed E-state index contributed by atoms with van der Waals surface area (Å²) in [5, 5.41) is 16.8. The van der Waals surface area contributed by atoms with Crippen LogP contribution in [0.5, 0.6) is 0 Å². The van der Waals surface area contributed by atoms with Gasteiger partial charge in [0.25, 0.3) is 0 Å². The number of benzene rings is 1. The van der Waals surface area contributed by atoms with Crippen molar-refractivity contribution in [3.8, 4) is 0 Å². The van der Waals surface area contributed by atoms with Gasteiger partial charge in [-0.1, -0.05) is 11.6 Å². The number of carboxylic acid groups (broad SMARTS) is 1. The summed E-state index contributed by atoms with van der Waals surface area (Å²) in [5.41, 5.74) is 3.15. The minimum absolute atomic E-state index is 0.190. The Bertz CT molecular complexity index is 580. The van der Waals surface area contributed by atoms with E-state index in [1.54, 1.807) is 23.5 Å². The standard InChI is InChI=1S/C13H12ClNO2S/c1-8-6-18-7-9(8)5-15-12-3-2-10(14)4-11(12)13(16)17/h2-4,6-7,15H,5H2,1H3,(H,16,17). The zero-order chi connectivity index (χ0) is 13.1. The van der Waals surface area contributed by atoms with Gasteiger partial charge in [0.05, 0.1) is 5.56 Å². The lowest BCUT2D eigenvalue weighted by Gasteiger charge is -2.09. The number of rotatable bonds is 4. The molecule has 1 aromatic carbocycles. The van der Waals surface area contributed by atoms with Crippen LogP contribution in [-0.4, -0.2) is 11.1 Å². The molecule has 1 heterocycles. The van der Waals surface area contributed by atoms with Gasteiger partial charge in [-0.15, -0.1) is 0 Å². The van der Waals surface area contributed by atoms with Crippen LogP contribution >= 0.6 is 22.9 Å². The summed E-state index contributed by atoms with van der Waals surface area (Å²) >= 11 is 7.43. The molecule has 0 saturated carbocycles. The molecule has 94 valence electrons. The van der Waals surface area contributed by atoms with Crippen LogP contribution in [-0.2, 0) is 6.54 Å². The van der Waals surface area contributed by atoms with E-state index in [9.17, 15) is 4.79 Å². The highest BCUT2D eigenvalue weighted by Crippen LogP contribution is 2.22. The molecule has 2 rings (SSSR count). The lowest BCUT2D eigenvalue weighted by molar-refractivity contribution is 0.0698. The highest BCUT2D eigenvalue weighted by atomic mass is 35.5. The van der Waals surface area contributed by atoms with Crippen molar-refractivity contribution in [2.24, 2.45) is 0 Å². The van der Waals surface area contributed by atoms with Gasteiger partial charge in [0.1, 0.15) is 0 Å². The number of aryl methyl sites for hydroxylation is 1. The molecule has 0 unspecified atom stereocenters. The molecule has 0 radical (unpaired) electrons. The second kappa shape index (κ2) is 5.42. The van der Waals surface area contributed by atoms with Gasteiger partial charge >= 0.3 is 5.97 Å². The average Bonchev–Trinajstić information content (AvgIpc) is 2.73. The monoisotopic (exact) mass is 281 g/mol. The van der Waals surface area contributed by atoms with Gasteiger partial charge in [-0.3, -0.25) is 0 Å². The Morgan fingerprint density at radius 1 is 1.44 bits per heavy atom. The molecule has 0 aliphatic carbocycles. The molecule has 0 aliphatic rings. The molecule has 0 fully saturated rings. The second-order valence-electron chi connectivity index (χ2n) is 3.93. The van der Waals surface area contributed by atoms with E-state index >= 15 is 0 Å². The van der Waals surface area contributed by atoms with Gasteiger partial charge in [-0.2, -0.15) is 11.3 Å². The van der Waals surface area contributed by atoms with Crippen molar-refractivity contribution in [1.82, 2.24) is 0 Å². The lowest BCUT2D eigenvalue weighted by Crippen LogP contribution is -2.06. The van der Waals surface area contributed by atoms with Gasteiger partial charge in [0.15, 0.2) is 0 Å². The van der Waals surface area contributed by atoms with E-state index < -0.39 is 5.97 Å². The number of halogens is 1. The minimum Gasteiger partial charge on any atom is -0.478 e. The average molecular weight is 282 g/mol. The van der Waals surface area contributed by atoms with Crippen LogP contribution in [0.2, 0.25) is 5.02 Å². The third kappa shape index (κ3) is 2.83. The van der Waals surface area contributed by atoms with Gasteiger partial charge in [0.2, 0.25) is 0 Å². The molecular weight excluding hydrogens is 270 g/mol. The summed E-state index contributed by atoms with van der Waals surface area (Å²) in [7, 11) is 0. The highest BCUT2D eigenvalue weighted by molar-refractivity contribution is 7.08. The number of carbonyl (C=O) groups is 1. The zero-order valence-corrected chi connectivity index (χ0v) is 11.3. The van der Waals surface area contributed by atoms with Gasteiger partial charge in [0, 0.05) is 17.3 Å². The predicted octanol–water partition coefficient (Wildman–Crippen LogP) is 4.02. The van der Waals surface area contributed by atoms with E-state index in [4.69, 9.17) is 16.7 Å². The first-order valence-corrected chi connectivity index (χ1v) is 6.68. The number of thiophene rings is 1. The first-order valence-electron chi connectivity index (χ1n) is 5.36. The Labute approximate surface area is 114 Å². The third-order valence-electron chi connectivity index (χ3n) is 2.64. The first-order chi connectivity index (χ1) is 8.58. The number of anilines is 1. The summed E-state index contributed by atoms with van der Waals surface area (Å²) in [6.07, 6.45) is 0. The van der Waals surface area contributed by atoms with Gasteiger partial charge in [-0.25, -0.2) is 4.79 Å². The largest absolute Gasteiger partial charge is 0.478 e. The smallest absolute Gasteiger partial charge is 0.337 e. The Morgan fingerprint density at radius 3 is 2.83 bits per heavy atom.